The fourth-order valence-corrected chi connectivity index (χ4v) is 12.5. The molecule has 5 aliphatic carbocycles. The molecule has 1 heterocycles. The van der Waals surface area contributed by atoms with Crippen LogP contribution in [0.25, 0.3) is 0 Å². The summed E-state index contributed by atoms with van der Waals surface area (Å²) < 4.78 is 11.4. The zero-order valence-electron chi connectivity index (χ0n) is 29.2. The second-order valence-corrected chi connectivity index (χ2v) is 17.4. The molecule has 278 valence electrons. The van der Waals surface area contributed by atoms with E-state index in [-0.39, 0.29) is 31.8 Å². The predicted octanol–water partition coefficient (Wildman–Crippen LogP) is 0.471. The topological polar surface area (TPSA) is 235 Å². The third-order valence-corrected chi connectivity index (χ3v) is 15.6. The van der Waals surface area contributed by atoms with Crippen LogP contribution >= 0.6 is 0 Å². The van der Waals surface area contributed by atoms with Gasteiger partial charge in [-0.25, -0.2) is 0 Å². The smallest absolute Gasteiger partial charge is 0.315 e. The molecule has 0 amide bonds. The number of carbonyl (C=O) groups is 2. The van der Waals surface area contributed by atoms with Crippen molar-refractivity contribution in [1.82, 2.24) is 0 Å². The number of allylic oxidation sites excluding steroid dienone is 1. The van der Waals surface area contributed by atoms with Crippen molar-refractivity contribution >= 4 is 11.9 Å². The van der Waals surface area contributed by atoms with E-state index in [2.05, 4.69) is 19.9 Å². The van der Waals surface area contributed by atoms with Crippen LogP contribution in [0.15, 0.2) is 11.6 Å². The number of carboxylic acids is 1. The maximum Gasteiger partial charge on any atom is 0.315 e. The molecular formula is C36H56O13. The minimum Gasteiger partial charge on any atom is -0.481 e. The largest absolute Gasteiger partial charge is 0.481 e. The number of aliphatic hydroxyl groups excluding tert-OH is 7. The molecule has 17 atom stereocenters. The van der Waals surface area contributed by atoms with Gasteiger partial charge in [0.2, 0.25) is 6.29 Å². The molecule has 9 N–H and O–H groups in total. The third kappa shape index (κ3) is 4.76. The van der Waals surface area contributed by atoms with Gasteiger partial charge in [-0.3, -0.25) is 9.59 Å². The molecule has 0 bridgehead atoms. The van der Waals surface area contributed by atoms with Gasteiger partial charge in [-0.1, -0.05) is 32.4 Å². The summed E-state index contributed by atoms with van der Waals surface area (Å²) in [5.41, 5.74) is -5.24. The lowest BCUT2D eigenvalue weighted by atomic mass is 9.33. The van der Waals surface area contributed by atoms with E-state index >= 15 is 0 Å². The molecule has 0 radical (unpaired) electrons. The number of esters is 1. The summed E-state index contributed by atoms with van der Waals surface area (Å²) in [6.07, 6.45) is -5.43. The van der Waals surface area contributed by atoms with Crippen LogP contribution in [0.1, 0.15) is 86.0 Å². The van der Waals surface area contributed by atoms with Crippen LogP contribution < -0.4 is 0 Å². The number of ether oxygens (including phenoxy) is 2. The molecule has 0 spiro atoms. The molecule has 5 fully saturated rings. The van der Waals surface area contributed by atoms with Gasteiger partial charge in [0.1, 0.15) is 24.4 Å². The summed E-state index contributed by atoms with van der Waals surface area (Å²) in [7, 11) is 0. The van der Waals surface area contributed by atoms with Gasteiger partial charge in [0.25, 0.3) is 0 Å². The van der Waals surface area contributed by atoms with Crippen molar-refractivity contribution in [3.8, 4) is 0 Å². The number of fused-ring (bicyclic) bond motifs is 7. The molecule has 0 aromatic heterocycles. The first-order valence-corrected chi connectivity index (χ1v) is 17.9. The highest BCUT2D eigenvalue weighted by molar-refractivity contribution is 5.79. The highest BCUT2D eigenvalue weighted by Gasteiger charge is 2.73. The zero-order chi connectivity index (χ0) is 36.3. The molecule has 4 saturated carbocycles. The van der Waals surface area contributed by atoms with Gasteiger partial charge in [-0.15, -0.1) is 0 Å². The number of rotatable bonds is 5. The van der Waals surface area contributed by atoms with E-state index in [0.29, 0.717) is 32.1 Å². The molecular weight excluding hydrogens is 640 g/mol. The first-order chi connectivity index (χ1) is 22.7. The molecule has 13 heteroatoms. The lowest BCUT2D eigenvalue weighted by Gasteiger charge is -2.71. The minimum atomic E-state index is -1.79. The minimum absolute atomic E-state index is 0.0935. The Morgan fingerprint density at radius 2 is 1.55 bits per heavy atom. The lowest BCUT2D eigenvalue weighted by molar-refractivity contribution is -0.299. The number of aliphatic hydroxyl groups is 8. The molecule has 49 heavy (non-hydrogen) atoms. The average Bonchev–Trinajstić information content (AvgIpc) is 3.03. The van der Waals surface area contributed by atoms with Gasteiger partial charge >= 0.3 is 11.9 Å². The van der Waals surface area contributed by atoms with Crippen LogP contribution in [0.4, 0.5) is 0 Å². The van der Waals surface area contributed by atoms with Crippen LogP contribution in [0.5, 0.6) is 0 Å². The van der Waals surface area contributed by atoms with Gasteiger partial charge in [0.15, 0.2) is 0 Å². The van der Waals surface area contributed by atoms with Crippen LogP contribution in [0.3, 0.4) is 0 Å². The van der Waals surface area contributed by atoms with Crippen molar-refractivity contribution in [2.45, 2.75) is 135 Å². The summed E-state index contributed by atoms with van der Waals surface area (Å²) in [4.78, 5) is 27.2. The van der Waals surface area contributed by atoms with E-state index in [4.69, 9.17) is 9.47 Å². The quantitative estimate of drug-likeness (QED) is 0.141. The molecule has 13 nitrogen and oxygen atoms in total. The molecule has 0 aromatic rings. The van der Waals surface area contributed by atoms with E-state index in [9.17, 15) is 55.5 Å². The fourth-order valence-electron chi connectivity index (χ4n) is 12.5. The fraction of sp³-hybridized carbons (Fsp3) is 0.889. The van der Waals surface area contributed by atoms with Crippen LogP contribution in [-0.4, -0.2) is 120 Å². The van der Waals surface area contributed by atoms with E-state index < -0.39 is 112 Å². The van der Waals surface area contributed by atoms with Crippen LogP contribution in [-0.2, 0) is 19.1 Å². The van der Waals surface area contributed by atoms with Crippen molar-refractivity contribution in [2.24, 2.45) is 50.7 Å². The molecule has 6 rings (SSSR count). The standard InChI is InChI=1S/C36H56O13/c1-31-14-19(39)27(43)34(4,29(44)45)22(31)9-10-33(3)21(31)7-6-18-26-35(5,47)17(15-37)8-11-36(26,13-12-32(18,33)2)30(46)49-28-25(42)24(41)23(40)20(16-38)48-28/h6,17,19-28,37-43,47H,7-16H2,1-5H3,(H,44,45)/t17-,19+,20+,21+,22?,23+,24-,25+,26+,27-,28-,31+,32+,33+,34+,35+,36-/m0/s1. The van der Waals surface area contributed by atoms with Crippen molar-refractivity contribution in [3.63, 3.8) is 0 Å². The monoisotopic (exact) mass is 696 g/mol. The van der Waals surface area contributed by atoms with Crippen molar-refractivity contribution in [1.29, 1.82) is 0 Å². The molecule has 1 unspecified atom stereocenters. The number of hydrogen-bond acceptors (Lipinski definition) is 12. The summed E-state index contributed by atoms with van der Waals surface area (Å²) >= 11 is 0. The van der Waals surface area contributed by atoms with E-state index in [1.165, 1.54) is 0 Å². The number of aliphatic carboxylic acids is 1. The Kier molecular flexibility index (Phi) is 9.03. The first-order valence-electron chi connectivity index (χ1n) is 17.9. The van der Waals surface area contributed by atoms with Crippen molar-refractivity contribution in [3.05, 3.63) is 11.6 Å². The first kappa shape index (κ1) is 37.1. The Labute approximate surface area is 286 Å². The Morgan fingerprint density at radius 1 is 0.878 bits per heavy atom. The molecule has 6 aliphatic rings. The van der Waals surface area contributed by atoms with Crippen LogP contribution in [0.2, 0.25) is 0 Å². The van der Waals surface area contributed by atoms with Crippen LogP contribution in [0, 0.1) is 50.7 Å². The van der Waals surface area contributed by atoms with E-state index in [1.54, 1.807) is 13.8 Å². The van der Waals surface area contributed by atoms with Gasteiger partial charge in [0, 0.05) is 18.4 Å². The highest BCUT2D eigenvalue weighted by atomic mass is 16.7. The number of hydrogen-bond donors (Lipinski definition) is 9. The maximum atomic E-state index is 14.5. The van der Waals surface area contributed by atoms with Gasteiger partial charge < -0.3 is 55.4 Å². The summed E-state index contributed by atoms with van der Waals surface area (Å²) in [5.74, 6) is -3.74. The summed E-state index contributed by atoms with van der Waals surface area (Å²) in [5, 5.41) is 96.4. The van der Waals surface area contributed by atoms with Gasteiger partial charge in [-0.2, -0.15) is 0 Å². The third-order valence-electron chi connectivity index (χ3n) is 15.6. The Morgan fingerprint density at radius 3 is 2.16 bits per heavy atom. The van der Waals surface area contributed by atoms with Crippen molar-refractivity contribution < 1.29 is 65.0 Å². The Hall–Kier alpha value is -1.68. The van der Waals surface area contributed by atoms with Crippen molar-refractivity contribution in [2.75, 3.05) is 13.2 Å². The second-order valence-electron chi connectivity index (χ2n) is 17.4. The Balaban J connectivity index is 1.42. The number of carboxylic acid groups (broad SMARTS) is 1. The Bertz CT molecular complexity index is 1370. The van der Waals surface area contributed by atoms with E-state index in [0.717, 1.165) is 5.57 Å². The van der Waals surface area contributed by atoms with Gasteiger partial charge in [0.05, 0.1) is 35.2 Å². The maximum absolute atomic E-state index is 14.5. The molecule has 0 aromatic carbocycles. The molecule has 1 saturated heterocycles. The summed E-state index contributed by atoms with van der Waals surface area (Å²) in [6.45, 7) is 8.58. The van der Waals surface area contributed by atoms with E-state index in [1.807, 2.05) is 6.92 Å². The normalized spacial score (nSPS) is 55.5. The lowest BCUT2D eigenvalue weighted by Crippen LogP contribution is -2.70. The highest BCUT2D eigenvalue weighted by Crippen LogP contribution is 2.76. The SMILES string of the molecule is C[C@@]1(O)[C@H](CO)CC[C@]2(C(=O)O[C@@H]3O[C@H](CO)[C@@H](O)[C@H](O)[C@H]3O)CC[C@]3(C)C(=CC[C@@H]4[C@@]5(C)C[C@@H](O)[C@H](O)[C@](C)(C(=O)O)C5CC[C@]43C)[C@@H]21. The van der Waals surface area contributed by atoms with Gasteiger partial charge in [-0.05, 0) is 93.3 Å². The molecule has 1 aliphatic heterocycles. The average molecular weight is 697 g/mol. The zero-order valence-corrected chi connectivity index (χ0v) is 29.2. The number of carbonyl (C=O) groups excluding carboxylic acids is 1. The second kappa shape index (κ2) is 11.9. The predicted molar refractivity (Wildman–Crippen MR) is 171 cm³/mol. The summed E-state index contributed by atoms with van der Waals surface area (Å²) in [6, 6.07) is 0.